The molecule has 1 aromatic carbocycles. The summed E-state index contributed by atoms with van der Waals surface area (Å²) in [5.74, 6) is -0.825. The normalized spacial score (nSPS) is 10.2. The van der Waals surface area contributed by atoms with Crippen LogP contribution in [0, 0.1) is 11.6 Å². The fourth-order valence-electron chi connectivity index (χ4n) is 1.42. The van der Waals surface area contributed by atoms with Gasteiger partial charge in [0, 0.05) is 13.1 Å². The number of rotatable bonds is 4. The minimum absolute atomic E-state index is 0.195. The zero-order valence-electron chi connectivity index (χ0n) is 9.78. The van der Waals surface area contributed by atoms with Gasteiger partial charge in [0.2, 0.25) is 0 Å². The Morgan fingerprint density at radius 2 is 2.00 bits per heavy atom. The molecule has 5 heteroatoms. The van der Waals surface area contributed by atoms with E-state index in [2.05, 4.69) is 10.3 Å². The van der Waals surface area contributed by atoms with Crippen molar-refractivity contribution in [2.75, 3.05) is 12.4 Å². The third kappa shape index (κ3) is 2.94. The predicted octanol–water partition coefficient (Wildman–Crippen LogP) is 2.98. The van der Waals surface area contributed by atoms with E-state index in [4.69, 9.17) is 4.74 Å². The second kappa shape index (κ2) is 5.44. The molecule has 1 N–H and O–H groups in total. The Kier molecular flexibility index (Phi) is 3.72. The van der Waals surface area contributed by atoms with Gasteiger partial charge >= 0.3 is 0 Å². The van der Waals surface area contributed by atoms with Crippen molar-refractivity contribution in [1.82, 2.24) is 4.98 Å². The molecule has 3 nitrogen and oxygen atoms in total. The Balaban J connectivity index is 2.04. The Bertz CT molecular complexity index is 546. The van der Waals surface area contributed by atoms with Crippen molar-refractivity contribution < 1.29 is 13.5 Å². The largest absolute Gasteiger partial charge is 0.487 e. The molecule has 2 rings (SSSR count). The second-order valence-corrected chi connectivity index (χ2v) is 3.63. The molecule has 0 unspecified atom stereocenters. The lowest BCUT2D eigenvalue weighted by Crippen LogP contribution is -2.01. The van der Waals surface area contributed by atoms with Gasteiger partial charge in [-0.3, -0.25) is 0 Å². The molecular weight excluding hydrogens is 238 g/mol. The van der Waals surface area contributed by atoms with Crippen LogP contribution in [0.2, 0.25) is 0 Å². The van der Waals surface area contributed by atoms with E-state index in [1.165, 1.54) is 6.07 Å². The van der Waals surface area contributed by atoms with Crippen LogP contribution in [-0.2, 0) is 6.61 Å². The van der Waals surface area contributed by atoms with Gasteiger partial charge in [0.05, 0.1) is 5.69 Å². The summed E-state index contributed by atoms with van der Waals surface area (Å²) in [6.45, 7) is 0.195. The van der Waals surface area contributed by atoms with Crippen molar-refractivity contribution in [3.05, 3.63) is 53.7 Å². The van der Waals surface area contributed by atoms with Crippen LogP contribution in [0.5, 0.6) is 5.75 Å². The van der Waals surface area contributed by atoms with E-state index < -0.39 is 11.6 Å². The molecule has 0 saturated carbocycles. The highest BCUT2D eigenvalue weighted by Crippen LogP contribution is 2.16. The summed E-state index contributed by atoms with van der Waals surface area (Å²) in [5.41, 5.74) is 0.701. The highest BCUT2D eigenvalue weighted by atomic mass is 19.2. The molecule has 0 atom stereocenters. The molecule has 0 fully saturated rings. The Morgan fingerprint density at radius 3 is 2.72 bits per heavy atom. The highest BCUT2D eigenvalue weighted by molar-refractivity contribution is 5.34. The average Bonchev–Trinajstić information content (AvgIpc) is 2.40. The van der Waals surface area contributed by atoms with Crippen LogP contribution in [0.15, 0.2) is 36.4 Å². The lowest BCUT2D eigenvalue weighted by Gasteiger charge is -2.07. The lowest BCUT2D eigenvalue weighted by atomic mass is 10.3. The van der Waals surface area contributed by atoms with E-state index in [0.717, 1.165) is 18.0 Å². The van der Waals surface area contributed by atoms with Gasteiger partial charge in [0.15, 0.2) is 11.6 Å². The standard InChI is InChI=1S/C13H12F2N2O/c1-16-13-4-2-3-9(17-13)8-18-10-5-6-11(14)12(15)7-10/h2-7H,8H2,1H3,(H,16,17). The molecular formula is C13H12F2N2O. The third-order valence-corrected chi connectivity index (χ3v) is 2.34. The van der Waals surface area contributed by atoms with Crippen LogP contribution in [0.4, 0.5) is 14.6 Å². The maximum Gasteiger partial charge on any atom is 0.162 e. The van der Waals surface area contributed by atoms with Crippen molar-refractivity contribution in [2.24, 2.45) is 0 Å². The molecule has 18 heavy (non-hydrogen) atoms. The number of hydrogen-bond acceptors (Lipinski definition) is 3. The summed E-state index contributed by atoms with van der Waals surface area (Å²) in [6, 6.07) is 8.87. The molecule has 0 amide bonds. The topological polar surface area (TPSA) is 34.1 Å². The summed E-state index contributed by atoms with van der Waals surface area (Å²) in [7, 11) is 1.77. The molecule has 1 heterocycles. The zero-order valence-corrected chi connectivity index (χ0v) is 9.78. The van der Waals surface area contributed by atoms with Crippen molar-refractivity contribution in [1.29, 1.82) is 0 Å². The van der Waals surface area contributed by atoms with Gasteiger partial charge in [-0.25, -0.2) is 13.8 Å². The van der Waals surface area contributed by atoms with Gasteiger partial charge in [-0.1, -0.05) is 6.07 Å². The molecule has 0 spiro atoms. The number of hydrogen-bond donors (Lipinski definition) is 1. The van der Waals surface area contributed by atoms with Crippen LogP contribution in [0.3, 0.4) is 0 Å². The maximum atomic E-state index is 12.9. The summed E-state index contributed by atoms with van der Waals surface area (Å²) >= 11 is 0. The minimum Gasteiger partial charge on any atom is -0.487 e. The first-order valence-electron chi connectivity index (χ1n) is 5.40. The number of nitrogens with zero attached hydrogens (tertiary/aromatic N) is 1. The smallest absolute Gasteiger partial charge is 0.162 e. The van der Waals surface area contributed by atoms with Crippen molar-refractivity contribution in [3.63, 3.8) is 0 Å². The Morgan fingerprint density at radius 1 is 1.17 bits per heavy atom. The van der Waals surface area contributed by atoms with E-state index in [1.54, 1.807) is 13.1 Å². The van der Waals surface area contributed by atoms with E-state index in [9.17, 15) is 8.78 Å². The van der Waals surface area contributed by atoms with E-state index >= 15 is 0 Å². The highest BCUT2D eigenvalue weighted by Gasteiger charge is 2.04. The molecule has 2 aromatic rings. The summed E-state index contributed by atoms with van der Waals surface area (Å²) < 4.78 is 31.0. The molecule has 94 valence electrons. The van der Waals surface area contributed by atoms with Crippen LogP contribution in [0.25, 0.3) is 0 Å². The van der Waals surface area contributed by atoms with Gasteiger partial charge in [-0.2, -0.15) is 0 Å². The number of halogens is 2. The predicted molar refractivity (Wildman–Crippen MR) is 64.5 cm³/mol. The number of nitrogens with one attached hydrogen (secondary N) is 1. The first-order chi connectivity index (χ1) is 8.69. The van der Waals surface area contributed by atoms with Crippen LogP contribution in [-0.4, -0.2) is 12.0 Å². The Labute approximate surface area is 103 Å². The first-order valence-corrected chi connectivity index (χ1v) is 5.40. The summed E-state index contributed by atoms with van der Waals surface area (Å²) in [5, 5.41) is 2.91. The number of ether oxygens (including phenoxy) is 1. The van der Waals surface area contributed by atoms with E-state index in [-0.39, 0.29) is 12.4 Å². The number of anilines is 1. The van der Waals surface area contributed by atoms with Gasteiger partial charge in [0.1, 0.15) is 18.2 Å². The molecule has 1 aromatic heterocycles. The third-order valence-electron chi connectivity index (χ3n) is 2.34. The lowest BCUT2D eigenvalue weighted by molar-refractivity contribution is 0.298. The summed E-state index contributed by atoms with van der Waals surface area (Å²) in [6.07, 6.45) is 0. The van der Waals surface area contributed by atoms with E-state index in [1.807, 2.05) is 12.1 Å². The molecule has 0 aliphatic carbocycles. The monoisotopic (exact) mass is 250 g/mol. The molecule has 0 saturated heterocycles. The molecule has 0 aliphatic heterocycles. The molecule has 0 aliphatic rings. The first kappa shape index (κ1) is 12.3. The SMILES string of the molecule is CNc1cccc(COc2ccc(F)c(F)c2)n1. The second-order valence-electron chi connectivity index (χ2n) is 3.63. The fraction of sp³-hybridized carbons (Fsp3) is 0.154. The van der Waals surface area contributed by atoms with Crippen LogP contribution < -0.4 is 10.1 Å². The molecule has 0 bridgehead atoms. The van der Waals surface area contributed by atoms with Gasteiger partial charge in [-0.05, 0) is 24.3 Å². The van der Waals surface area contributed by atoms with Gasteiger partial charge in [-0.15, -0.1) is 0 Å². The number of benzene rings is 1. The van der Waals surface area contributed by atoms with Gasteiger partial charge < -0.3 is 10.1 Å². The summed E-state index contributed by atoms with van der Waals surface area (Å²) in [4.78, 5) is 4.24. The molecule has 0 radical (unpaired) electrons. The number of pyridine rings is 1. The van der Waals surface area contributed by atoms with Gasteiger partial charge in [0.25, 0.3) is 0 Å². The number of aromatic nitrogens is 1. The quantitative estimate of drug-likeness (QED) is 0.905. The fourth-order valence-corrected chi connectivity index (χ4v) is 1.42. The van der Waals surface area contributed by atoms with Crippen LogP contribution in [0.1, 0.15) is 5.69 Å². The average molecular weight is 250 g/mol. The van der Waals surface area contributed by atoms with Crippen molar-refractivity contribution in [2.45, 2.75) is 6.61 Å². The van der Waals surface area contributed by atoms with E-state index in [0.29, 0.717) is 5.69 Å². The van der Waals surface area contributed by atoms with Crippen molar-refractivity contribution >= 4 is 5.82 Å². The van der Waals surface area contributed by atoms with Crippen molar-refractivity contribution in [3.8, 4) is 5.75 Å². The minimum atomic E-state index is -0.926. The van der Waals surface area contributed by atoms with Crippen LogP contribution >= 0.6 is 0 Å². The zero-order chi connectivity index (χ0) is 13.0. The maximum absolute atomic E-state index is 12.9. The Hall–Kier alpha value is -2.17.